The van der Waals surface area contributed by atoms with E-state index in [4.69, 9.17) is 4.43 Å². The normalized spacial score (nSPS) is 16.3. The quantitative estimate of drug-likeness (QED) is 0.586. The van der Waals surface area contributed by atoms with Crippen LogP contribution in [0.15, 0.2) is 24.3 Å². The van der Waals surface area contributed by atoms with Crippen LogP contribution in [-0.2, 0) is 21.6 Å². The van der Waals surface area contributed by atoms with Crippen LogP contribution in [-0.4, -0.2) is 23.9 Å². The predicted octanol–water partition coefficient (Wildman–Crippen LogP) is 5.82. The second kappa shape index (κ2) is 8.35. The number of halogens is 3. The van der Waals surface area contributed by atoms with Gasteiger partial charge in [0.15, 0.2) is 8.32 Å². The molecule has 1 rings (SSSR count). The molecule has 1 aromatic rings. The van der Waals surface area contributed by atoms with E-state index in [-0.39, 0.29) is 11.6 Å². The number of nitrogens with one attached hydrogen (secondary N) is 1. The first-order valence-corrected chi connectivity index (χ1v) is 13.0. The van der Waals surface area contributed by atoms with Gasteiger partial charge in [-0.3, -0.25) is 0 Å². The Morgan fingerprint density at radius 2 is 1.67 bits per heavy atom. The Hall–Kier alpha value is -0.703. The zero-order valence-corrected chi connectivity index (χ0v) is 19.3. The summed E-state index contributed by atoms with van der Waals surface area (Å²) in [6.07, 6.45) is -4.43. The fourth-order valence-corrected chi connectivity index (χ4v) is 3.78. The summed E-state index contributed by atoms with van der Waals surface area (Å²) in [7, 11) is -3.55. The van der Waals surface area contributed by atoms with Crippen molar-refractivity contribution in [3.63, 3.8) is 0 Å². The van der Waals surface area contributed by atoms with Gasteiger partial charge >= 0.3 is 6.18 Å². The molecule has 0 unspecified atom stereocenters. The summed E-state index contributed by atoms with van der Waals surface area (Å²) in [5.41, 5.74) is -0.304. The van der Waals surface area contributed by atoms with Gasteiger partial charge in [0, 0.05) is 0 Å². The molecule has 3 nitrogen and oxygen atoms in total. The van der Waals surface area contributed by atoms with Gasteiger partial charge < -0.3 is 4.43 Å². The summed E-state index contributed by atoms with van der Waals surface area (Å²) in [4.78, 5) is 0. The molecule has 0 saturated heterocycles. The molecule has 0 aliphatic heterocycles. The first kappa shape index (κ1) is 24.3. The van der Waals surface area contributed by atoms with Crippen LogP contribution in [0.2, 0.25) is 18.1 Å². The SMILES string of the molecule is CC(C)(C)[S@@](=O)N[C@@H](CO[Si](C)(C)C(C)(C)C)c1cccc(C(F)(F)F)c1. The van der Waals surface area contributed by atoms with E-state index in [1.807, 2.05) is 20.8 Å². The number of hydrogen-bond acceptors (Lipinski definition) is 2. The first-order chi connectivity index (χ1) is 11.9. The highest BCUT2D eigenvalue weighted by atomic mass is 32.2. The summed E-state index contributed by atoms with van der Waals surface area (Å²) in [6.45, 7) is 16.1. The van der Waals surface area contributed by atoms with Gasteiger partial charge in [-0.05, 0) is 56.6 Å². The van der Waals surface area contributed by atoms with Crippen molar-refractivity contribution in [1.82, 2.24) is 4.72 Å². The topological polar surface area (TPSA) is 38.3 Å². The lowest BCUT2D eigenvalue weighted by Gasteiger charge is -2.37. The summed E-state index contributed by atoms with van der Waals surface area (Å²) in [5, 5.41) is -0.0332. The molecule has 27 heavy (non-hydrogen) atoms. The van der Waals surface area contributed by atoms with Crippen molar-refractivity contribution in [2.24, 2.45) is 0 Å². The van der Waals surface area contributed by atoms with Gasteiger partial charge in [-0.25, -0.2) is 8.93 Å². The maximum Gasteiger partial charge on any atom is 0.416 e. The second-order valence-electron chi connectivity index (χ2n) is 9.25. The standard InChI is InChI=1S/C19H32F3NO2SSi/c1-17(2,3)26(24)23-16(13-25-27(7,8)18(4,5)6)14-10-9-11-15(12-14)19(20,21)22/h9-12,16,23H,13H2,1-8H3/t16-,26+/m0/s1. The van der Waals surface area contributed by atoms with Crippen molar-refractivity contribution in [1.29, 1.82) is 0 Å². The van der Waals surface area contributed by atoms with E-state index < -0.39 is 41.8 Å². The van der Waals surface area contributed by atoms with Crippen molar-refractivity contribution in [2.75, 3.05) is 6.61 Å². The van der Waals surface area contributed by atoms with Gasteiger partial charge in [-0.15, -0.1) is 0 Å². The number of hydrogen-bond donors (Lipinski definition) is 1. The van der Waals surface area contributed by atoms with Crippen LogP contribution in [0.4, 0.5) is 13.2 Å². The van der Waals surface area contributed by atoms with Crippen LogP contribution in [0.3, 0.4) is 0 Å². The van der Waals surface area contributed by atoms with Gasteiger partial charge in [0.05, 0.1) is 33.9 Å². The van der Waals surface area contributed by atoms with Crippen LogP contribution >= 0.6 is 0 Å². The number of alkyl halides is 3. The maximum absolute atomic E-state index is 13.1. The minimum atomic E-state index is -4.43. The second-order valence-corrected chi connectivity index (χ2v) is 16.1. The molecule has 0 aromatic heterocycles. The van der Waals surface area contributed by atoms with E-state index in [2.05, 4.69) is 38.6 Å². The molecule has 0 bridgehead atoms. The third kappa shape index (κ3) is 7.00. The van der Waals surface area contributed by atoms with Gasteiger partial charge in [0.2, 0.25) is 0 Å². The zero-order chi connectivity index (χ0) is 21.3. The zero-order valence-electron chi connectivity index (χ0n) is 17.5. The molecule has 0 heterocycles. The third-order valence-electron chi connectivity index (χ3n) is 4.84. The maximum atomic E-state index is 13.1. The molecule has 8 heteroatoms. The average Bonchev–Trinajstić information content (AvgIpc) is 2.48. The van der Waals surface area contributed by atoms with Gasteiger partial charge in [0.25, 0.3) is 0 Å². The highest BCUT2D eigenvalue weighted by Gasteiger charge is 2.38. The molecule has 0 radical (unpaired) electrons. The lowest BCUT2D eigenvalue weighted by molar-refractivity contribution is -0.137. The van der Waals surface area contributed by atoms with Crippen molar-refractivity contribution in [3.05, 3.63) is 35.4 Å². The predicted molar refractivity (Wildman–Crippen MR) is 108 cm³/mol. The highest BCUT2D eigenvalue weighted by Crippen LogP contribution is 2.37. The van der Waals surface area contributed by atoms with Crippen molar-refractivity contribution in [3.8, 4) is 0 Å². The highest BCUT2D eigenvalue weighted by molar-refractivity contribution is 7.84. The van der Waals surface area contributed by atoms with E-state index in [9.17, 15) is 17.4 Å². The first-order valence-electron chi connectivity index (χ1n) is 8.94. The molecular weight excluding hydrogens is 391 g/mol. The van der Waals surface area contributed by atoms with Crippen molar-refractivity contribution in [2.45, 2.75) is 76.6 Å². The molecule has 0 aliphatic rings. The molecule has 1 aromatic carbocycles. The molecule has 0 saturated carbocycles. The Morgan fingerprint density at radius 3 is 2.11 bits per heavy atom. The van der Waals surface area contributed by atoms with Crippen LogP contribution in [0.5, 0.6) is 0 Å². The van der Waals surface area contributed by atoms with E-state index >= 15 is 0 Å². The van der Waals surface area contributed by atoms with E-state index in [1.54, 1.807) is 6.07 Å². The average molecular weight is 424 g/mol. The Morgan fingerprint density at radius 1 is 1.11 bits per heavy atom. The monoisotopic (exact) mass is 423 g/mol. The van der Waals surface area contributed by atoms with E-state index in [1.165, 1.54) is 6.07 Å². The molecule has 0 spiro atoms. The van der Waals surface area contributed by atoms with Crippen molar-refractivity contribution < 1.29 is 21.8 Å². The minimum Gasteiger partial charge on any atom is -0.415 e. The van der Waals surface area contributed by atoms with Crippen LogP contribution < -0.4 is 4.72 Å². The molecule has 0 fully saturated rings. The van der Waals surface area contributed by atoms with E-state index in [0.717, 1.165) is 12.1 Å². The van der Waals surface area contributed by atoms with Crippen LogP contribution in [0, 0.1) is 0 Å². The smallest absolute Gasteiger partial charge is 0.415 e. The molecule has 156 valence electrons. The van der Waals surface area contributed by atoms with Gasteiger partial charge in [0.1, 0.15) is 0 Å². The van der Waals surface area contributed by atoms with E-state index in [0.29, 0.717) is 5.56 Å². The molecular formula is C19H32F3NO2SSi. The summed E-state index contributed by atoms with van der Waals surface area (Å²) in [5.74, 6) is 0. The van der Waals surface area contributed by atoms with Gasteiger partial charge in [-0.2, -0.15) is 13.2 Å². The Labute approximate surface area is 164 Å². The summed E-state index contributed by atoms with van der Waals surface area (Å²) >= 11 is 0. The third-order valence-corrected chi connectivity index (χ3v) is 11.0. The number of rotatable bonds is 6. The number of benzene rings is 1. The van der Waals surface area contributed by atoms with Crippen LogP contribution in [0.1, 0.15) is 58.7 Å². The summed E-state index contributed by atoms with van der Waals surface area (Å²) < 4.78 is 60.6. The lowest BCUT2D eigenvalue weighted by atomic mass is 10.1. The Balaban J connectivity index is 3.18. The van der Waals surface area contributed by atoms with Gasteiger partial charge in [-0.1, -0.05) is 32.9 Å². The van der Waals surface area contributed by atoms with Crippen molar-refractivity contribution >= 4 is 19.3 Å². The Bertz CT molecular complexity index is 664. The Kier molecular flexibility index (Phi) is 7.52. The largest absolute Gasteiger partial charge is 0.416 e. The fraction of sp³-hybridized carbons (Fsp3) is 0.684. The minimum absolute atomic E-state index is 0.0332. The molecule has 0 amide bonds. The molecule has 1 N–H and O–H groups in total. The lowest BCUT2D eigenvalue weighted by Crippen LogP contribution is -2.44. The summed E-state index contributed by atoms with van der Waals surface area (Å²) in [6, 6.07) is 4.53. The molecule has 2 atom stereocenters. The fourth-order valence-electron chi connectivity index (χ4n) is 1.94. The molecule has 0 aliphatic carbocycles. The van der Waals surface area contributed by atoms with Crippen LogP contribution in [0.25, 0.3) is 0 Å².